The minimum atomic E-state index is -1.08. The fraction of sp³-hybridized carbons (Fsp3) is 0.500. The first-order valence-corrected chi connectivity index (χ1v) is 6.31. The molecule has 0 saturated carbocycles. The topological polar surface area (TPSA) is 44.6 Å². The molecule has 1 aromatic rings. The Bertz CT molecular complexity index is 363. The molecule has 0 bridgehead atoms. The van der Waals surface area contributed by atoms with E-state index in [1.54, 1.807) is 12.1 Å². The Hall–Kier alpha value is -1.35. The molecule has 3 heteroatoms. The van der Waals surface area contributed by atoms with Crippen molar-refractivity contribution in [3.05, 3.63) is 35.4 Å². The van der Waals surface area contributed by atoms with Crippen LogP contribution in [-0.2, 0) is 6.54 Å². The molecule has 0 fully saturated rings. The Morgan fingerprint density at radius 3 is 2.59 bits per heavy atom. The van der Waals surface area contributed by atoms with E-state index in [0.29, 0.717) is 5.56 Å². The lowest BCUT2D eigenvalue weighted by molar-refractivity contribution is -0.912. The first-order chi connectivity index (χ1) is 8.19. The van der Waals surface area contributed by atoms with E-state index in [0.717, 1.165) is 25.2 Å². The lowest BCUT2D eigenvalue weighted by Crippen LogP contribution is -3.10. The van der Waals surface area contributed by atoms with Gasteiger partial charge in [0.1, 0.15) is 6.54 Å². The molecule has 1 atom stereocenters. The van der Waals surface area contributed by atoms with Gasteiger partial charge in [0.15, 0.2) is 0 Å². The summed E-state index contributed by atoms with van der Waals surface area (Å²) in [6, 6.07) is 7.13. The lowest BCUT2D eigenvalue weighted by Gasteiger charge is -2.19. The molecule has 1 unspecified atom stereocenters. The third-order valence-electron chi connectivity index (χ3n) is 3.06. The monoisotopic (exact) mass is 235 g/mol. The number of hydrogen-bond donors (Lipinski definition) is 1. The van der Waals surface area contributed by atoms with E-state index in [-0.39, 0.29) is 0 Å². The molecule has 0 heterocycles. The van der Waals surface area contributed by atoms with Crippen LogP contribution < -0.4 is 10.0 Å². The summed E-state index contributed by atoms with van der Waals surface area (Å²) in [6.45, 7) is 7.17. The lowest BCUT2D eigenvalue weighted by atomic mass is 10.1. The average Bonchev–Trinajstić information content (AvgIpc) is 2.34. The van der Waals surface area contributed by atoms with Crippen LogP contribution in [0.15, 0.2) is 24.3 Å². The molecule has 0 radical (unpaired) electrons. The predicted octanol–water partition coefficient (Wildman–Crippen LogP) is 0.255. The van der Waals surface area contributed by atoms with Crippen LogP contribution in [0.4, 0.5) is 0 Å². The molecule has 1 aromatic carbocycles. The zero-order valence-corrected chi connectivity index (χ0v) is 10.7. The van der Waals surface area contributed by atoms with Gasteiger partial charge in [-0.25, -0.2) is 0 Å². The zero-order valence-electron chi connectivity index (χ0n) is 10.7. The summed E-state index contributed by atoms with van der Waals surface area (Å²) in [5, 5.41) is 11.0. The second-order valence-corrected chi connectivity index (χ2v) is 4.33. The molecule has 0 spiro atoms. The summed E-state index contributed by atoms with van der Waals surface area (Å²) in [7, 11) is 0. The fourth-order valence-electron chi connectivity index (χ4n) is 1.96. The van der Waals surface area contributed by atoms with E-state index in [9.17, 15) is 9.90 Å². The number of carbonyl (C=O) groups excluding carboxylic acids is 1. The van der Waals surface area contributed by atoms with Gasteiger partial charge in [-0.2, -0.15) is 0 Å². The Labute approximate surface area is 103 Å². The minimum absolute atomic E-state index is 0.329. The number of nitrogens with one attached hydrogen (secondary N) is 1. The minimum Gasteiger partial charge on any atom is -0.545 e. The molecule has 0 amide bonds. The summed E-state index contributed by atoms with van der Waals surface area (Å²) >= 11 is 0. The molecule has 1 N–H and O–H groups in total. The number of quaternary nitrogens is 1. The second kappa shape index (κ2) is 7.07. The van der Waals surface area contributed by atoms with Gasteiger partial charge in [-0.1, -0.05) is 37.6 Å². The molecule has 0 saturated heterocycles. The maximum atomic E-state index is 11.0. The summed E-state index contributed by atoms with van der Waals surface area (Å²) in [5.74, 6) is -1.08. The van der Waals surface area contributed by atoms with Crippen molar-refractivity contribution in [1.82, 2.24) is 0 Å². The number of carbonyl (C=O) groups is 1. The fourth-order valence-corrected chi connectivity index (χ4v) is 1.96. The number of carboxylic acid groups (broad SMARTS) is 1. The summed E-state index contributed by atoms with van der Waals surface area (Å²) in [4.78, 5) is 12.4. The molecular formula is C14H21NO2. The van der Waals surface area contributed by atoms with Crippen molar-refractivity contribution >= 4 is 5.97 Å². The van der Waals surface area contributed by atoms with Crippen molar-refractivity contribution in [3.8, 4) is 0 Å². The molecule has 17 heavy (non-hydrogen) atoms. The van der Waals surface area contributed by atoms with Crippen LogP contribution >= 0.6 is 0 Å². The molecule has 1 rings (SSSR count). The van der Waals surface area contributed by atoms with Crippen molar-refractivity contribution in [2.24, 2.45) is 0 Å². The van der Waals surface area contributed by atoms with Crippen molar-refractivity contribution in [2.45, 2.75) is 33.2 Å². The van der Waals surface area contributed by atoms with Crippen LogP contribution in [0.25, 0.3) is 0 Å². The van der Waals surface area contributed by atoms with Gasteiger partial charge in [-0.3, -0.25) is 0 Å². The molecule has 0 aliphatic carbocycles. The first-order valence-electron chi connectivity index (χ1n) is 6.31. The van der Waals surface area contributed by atoms with Gasteiger partial charge in [0.05, 0.1) is 19.1 Å². The number of unbranched alkanes of at least 4 members (excludes halogenated alkanes) is 1. The maximum Gasteiger partial charge on any atom is 0.103 e. The van der Waals surface area contributed by atoms with E-state index in [2.05, 4.69) is 13.8 Å². The van der Waals surface area contributed by atoms with Crippen LogP contribution in [0.2, 0.25) is 0 Å². The van der Waals surface area contributed by atoms with Crippen LogP contribution in [0.1, 0.15) is 42.6 Å². The quantitative estimate of drug-likeness (QED) is 0.736. The standard InChI is InChI=1S/C14H21NO2/c1-3-5-10-15(4-2)11-12-8-6-7-9-13(12)14(16)17/h6-9H,3-5,10-11H2,1-2H3,(H,16,17). The highest BCUT2D eigenvalue weighted by Gasteiger charge is 2.10. The van der Waals surface area contributed by atoms with Crippen molar-refractivity contribution in [2.75, 3.05) is 13.1 Å². The summed E-state index contributed by atoms with van der Waals surface area (Å²) in [6.07, 6.45) is 2.35. The first kappa shape index (κ1) is 13.7. The number of benzene rings is 1. The van der Waals surface area contributed by atoms with Gasteiger partial charge in [0.25, 0.3) is 0 Å². The van der Waals surface area contributed by atoms with Gasteiger partial charge in [0, 0.05) is 11.1 Å². The van der Waals surface area contributed by atoms with Crippen LogP contribution in [-0.4, -0.2) is 19.1 Å². The smallest absolute Gasteiger partial charge is 0.103 e. The Morgan fingerprint density at radius 2 is 2.00 bits per heavy atom. The SMILES string of the molecule is CCCC[NH+](CC)Cc1ccccc1C(=O)[O-]. The Kier molecular flexibility index (Phi) is 5.70. The van der Waals surface area contributed by atoms with Crippen LogP contribution in [0, 0.1) is 0 Å². The highest BCUT2D eigenvalue weighted by molar-refractivity contribution is 5.87. The number of aromatic carboxylic acids is 1. The van der Waals surface area contributed by atoms with Crippen molar-refractivity contribution in [3.63, 3.8) is 0 Å². The molecule has 0 aliphatic rings. The molecule has 0 aliphatic heterocycles. The van der Waals surface area contributed by atoms with Crippen molar-refractivity contribution in [1.29, 1.82) is 0 Å². The molecule has 0 aromatic heterocycles. The molecule has 94 valence electrons. The number of rotatable bonds is 7. The Balaban J connectivity index is 2.75. The van der Waals surface area contributed by atoms with Gasteiger partial charge in [-0.15, -0.1) is 0 Å². The van der Waals surface area contributed by atoms with Crippen LogP contribution in [0.3, 0.4) is 0 Å². The van der Waals surface area contributed by atoms with E-state index in [4.69, 9.17) is 0 Å². The number of carboxylic acids is 1. The normalized spacial score (nSPS) is 12.4. The van der Waals surface area contributed by atoms with E-state index >= 15 is 0 Å². The summed E-state index contributed by atoms with van der Waals surface area (Å²) < 4.78 is 0. The number of hydrogen-bond acceptors (Lipinski definition) is 2. The van der Waals surface area contributed by atoms with Gasteiger partial charge >= 0.3 is 0 Å². The van der Waals surface area contributed by atoms with E-state index in [1.807, 2.05) is 12.1 Å². The summed E-state index contributed by atoms with van der Waals surface area (Å²) in [5.41, 5.74) is 1.20. The average molecular weight is 235 g/mol. The van der Waals surface area contributed by atoms with Crippen molar-refractivity contribution < 1.29 is 14.8 Å². The largest absolute Gasteiger partial charge is 0.545 e. The highest BCUT2D eigenvalue weighted by atomic mass is 16.4. The third-order valence-corrected chi connectivity index (χ3v) is 3.06. The van der Waals surface area contributed by atoms with Crippen LogP contribution in [0.5, 0.6) is 0 Å². The van der Waals surface area contributed by atoms with Gasteiger partial charge in [-0.05, 0) is 13.3 Å². The second-order valence-electron chi connectivity index (χ2n) is 4.33. The highest BCUT2D eigenvalue weighted by Crippen LogP contribution is 2.06. The Morgan fingerprint density at radius 1 is 1.29 bits per heavy atom. The third kappa shape index (κ3) is 4.19. The zero-order chi connectivity index (χ0) is 12.7. The van der Waals surface area contributed by atoms with E-state index in [1.165, 1.54) is 17.7 Å². The van der Waals surface area contributed by atoms with E-state index < -0.39 is 5.97 Å². The van der Waals surface area contributed by atoms with Gasteiger partial charge < -0.3 is 14.8 Å². The van der Waals surface area contributed by atoms with Gasteiger partial charge in [0.2, 0.25) is 0 Å². The predicted molar refractivity (Wildman–Crippen MR) is 65.8 cm³/mol. The molecular weight excluding hydrogens is 214 g/mol. The maximum absolute atomic E-state index is 11.0. The molecule has 3 nitrogen and oxygen atoms in total.